The number of aliphatic hydroxyl groups is 1. The molecule has 0 spiro atoms. The maximum absolute atomic E-state index is 9.58. The molecule has 0 radical (unpaired) electrons. The molecular weight excluding hydrogens is 244 g/mol. The normalized spacial score (nSPS) is 48.8. The molecular formula is C11H18O7. The van der Waals surface area contributed by atoms with E-state index in [1.807, 2.05) is 6.92 Å². The second-order valence-electron chi connectivity index (χ2n) is 5.09. The number of aliphatic hydroxyl groups excluding tert-OH is 1. The van der Waals surface area contributed by atoms with Gasteiger partial charge in [-0.3, -0.25) is 0 Å². The lowest BCUT2D eigenvalue weighted by Gasteiger charge is -2.34. The molecule has 1 N–H and O–H groups in total. The van der Waals surface area contributed by atoms with E-state index in [0.29, 0.717) is 12.8 Å². The SMILES string of the molecule is CCC12CC3(C[C@@H](C)O)OOC(CC(OO1)O2)O3. The van der Waals surface area contributed by atoms with Gasteiger partial charge in [0.25, 0.3) is 0 Å². The van der Waals surface area contributed by atoms with Crippen LogP contribution in [0.3, 0.4) is 0 Å². The van der Waals surface area contributed by atoms with Crippen molar-refractivity contribution in [2.24, 2.45) is 0 Å². The van der Waals surface area contributed by atoms with Gasteiger partial charge in [0.1, 0.15) is 0 Å². The summed E-state index contributed by atoms with van der Waals surface area (Å²) in [7, 11) is 0. The van der Waals surface area contributed by atoms with Gasteiger partial charge in [0.15, 0.2) is 12.6 Å². The van der Waals surface area contributed by atoms with Crippen molar-refractivity contribution in [1.29, 1.82) is 0 Å². The molecule has 4 bridgehead atoms. The first-order valence-corrected chi connectivity index (χ1v) is 6.27. The zero-order valence-corrected chi connectivity index (χ0v) is 10.5. The van der Waals surface area contributed by atoms with Gasteiger partial charge in [0.2, 0.25) is 11.6 Å². The van der Waals surface area contributed by atoms with Gasteiger partial charge >= 0.3 is 0 Å². The molecule has 3 aliphatic heterocycles. The highest BCUT2D eigenvalue weighted by Crippen LogP contribution is 2.46. The maximum atomic E-state index is 9.58. The van der Waals surface area contributed by atoms with Crippen molar-refractivity contribution in [2.45, 2.75) is 69.8 Å². The quantitative estimate of drug-likeness (QED) is 0.759. The molecule has 0 amide bonds. The molecule has 104 valence electrons. The second-order valence-corrected chi connectivity index (χ2v) is 5.09. The van der Waals surface area contributed by atoms with Gasteiger partial charge in [-0.2, -0.15) is 9.78 Å². The Bertz CT molecular complexity index is 323. The van der Waals surface area contributed by atoms with Gasteiger partial charge < -0.3 is 14.6 Å². The van der Waals surface area contributed by atoms with E-state index in [1.165, 1.54) is 0 Å². The Morgan fingerprint density at radius 2 is 1.78 bits per heavy atom. The highest BCUT2D eigenvalue weighted by Gasteiger charge is 2.58. The molecule has 7 heteroatoms. The fourth-order valence-electron chi connectivity index (χ4n) is 2.60. The van der Waals surface area contributed by atoms with E-state index >= 15 is 0 Å². The van der Waals surface area contributed by atoms with E-state index < -0.39 is 30.3 Å². The second kappa shape index (κ2) is 4.38. The molecule has 3 rings (SSSR count). The standard InChI is InChI=1S/C11H18O7/c1-3-10-6-11(5-7(2)12)14-9(16-18-11)4-8(13-10)15-17-10/h7-9,12H,3-6H2,1-2H3/t7-,8?,9?,10?,11?/m1/s1. The van der Waals surface area contributed by atoms with Crippen molar-refractivity contribution < 1.29 is 34.1 Å². The summed E-state index contributed by atoms with van der Waals surface area (Å²) in [6, 6.07) is 0. The molecule has 3 aliphatic rings. The zero-order valence-electron chi connectivity index (χ0n) is 10.5. The predicted molar refractivity (Wildman–Crippen MR) is 55.4 cm³/mol. The Morgan fingerprint density at radius 1 is 1.17 bits per heavy atom. The van der Waals surface area contributed by atoms with E-state index in [9.17, 15) is 5.11 Å². The first-order chi connectivity index (χ1) is 8.55. The van der Waals surface area contributed by atoms with Crippen LogP contribution >= 0.6 is 0 Å². The first kappa shape index (κ1) is 12.7. The average Bonchev–Trinajstić information content (AvgIpc) is 2.85. The molecule has 3 saturated heterocycles. The monoisotopic (exact) mass is 262 g/mol. The minimum atomic E-state index is -1.05. The van der Waals surface area contributed by atoms with Crippen LogP contribution in [0.15, 0.2) is 0 Å². The molecule has 3 heterocycles. The predicted octanol–water partition coefficient (Wildman–Crippen LogP) is 0.963. The Labute approximate surface area is 105 Å². The highest BCUT2D eigenvalue weighted by molar-refractivity contribution is 4.87. The minimum Gasteiger partial charge on any atom is -0.393 e. The molecule has 18 heavy (non-hydrogen) atoms. The summed E-state index contributed by atoms with van der Waals surface area (Å²) in [5, 5.41) is 9.58. The van der Waals surface area contributed by atoms with Crippen LogP contribution < -0.4 is 0 Å². The number of rotatable bonds is 3. The van der Waals surface area contributed by atoms with E-state index in [2.05, 4.69) is 0 Å². The summed E-state index contributed by atoms with van der Waals surface area (Å²) in [5.41, 5.74) is 0. The minimum absolute atomic E-state index is 0.280. The molecule has 0 aliphatic carbocycles. The number of hydrogen-bond donors (Lipinski definition) is 1. The summed E-state index contributed by atoms with van der Waals surface area (Å²) in [6.45, 7) is 3.60. The summed E-state index contributed by atoms with van der Waals surface area (Å²) < 4.78 is 11.5. The van der Waals surface area contributed by atoms with Crippen LogP contribution in [0, 0.1) is 0 Å². The van der Waals surface area contributed by atoms with Crippen LogP contribution in [0.2, 0.25) is 0 Å². The van der Waals surface area contributed by atoms with Crippen LogP contribution in [-0.2, 0) is 29.0 Å². The summed E-state index contributed by atoms with van der Waals surface area (Å²) in [4.78, 5) is 20.9. The Morgan fingerprint density at radius 3 is 2.39 bits per heavy atom. The maximum Gasteiger partial charge on any atom is 0.212 e. The van der Waals surface area contributed by atoms with Gasteiger partial charge in [0.05, 0.1) is 18.9 Å². The Kier molecular flexibility index (Phi) is 3.10. The molecule has 0 saturated carbocycles. The Hall–Kier alpha value is -0.280. The topological polar surface area (TPSA) is 75.6 Å². The summed E-state index contributed by atoms with van der Waals surface area (Å²) >= 11 is 0. The molecule has 5 atom stereocenters. The molecule has 7 nitrogen and oxygen atoms in total. The highest BCUT2D eigenvalue weighted by atomic mass is 17.3. The van der Waals surface area contributed by atoms with Crippen LogP contribution in [-0.4, -0.2) is 35.4 Å². The van der Waals surface area contributed by atoms with Crippen molar-refractivity contribution in [3.8, 4) is 0 Å². The molecule has 4 unspecified atom stereocenters. The van der Waals surface area contributed by atoms with Crippen LogP contribution in [0.5, 0.6) is 0 Å². The van der Waals surface area contributed by atoms with Gasteiger partial charge in [0, 0.05) is 12.8 Å². The van der Waals surface area contributed by atoms with E-state index in [0.717, 1.165) is 0 Å². The third-order valence-electron chi connectivity index (χ3n) is 3.38. The number of fused-ring (bicyclic) bond motifs is 4. The van der Waals surface area contributed by atoms with Crippen molar-refractivity contribution in [3.63, 3.8) is 0 Å². The fraction of sp³-hybridized carbons (Fsp3) is 1.00. The molecule has 0 aromatic rings. The van der Waals surface area contributed by atoms with Crippen molar-refractivity contribution in [3.05, 3.63) is 0 Å². The van der Waals surface area contributed by atoms with Crippen LogP contribution in [0.25, 0.3) is 0 Å². The molecule has 0 aromatic carbocycles. The van der Waals surface area contributed by atoms with Gasteiger partial charge in [-0.1, -0.05) is 6.92 Å². The molecule has 0 aromatic heterocycles. The van der Waals surface area contributed by atoms with Gasteiger partial charge in [-0.05, 0) is 6.92 Å². The third-order valence-corrected chi connectivity index (χ3v) is 3.38. The summed E-state index contributed by atoms with van der Waals surface area (Å²) in [5.74, 6) is -1.95. The average molecular weight is 262 g/mol. The van der Waals surface area contributed by atoms with Crippen LogP contribution in [0.1, 0.15) is 39.5 Å². The van der Waals surface area contributed by atoms with Crippen molar-refractivity contribution in [2.75, 3.05) is 0 Å². The largest absolute Gasteiger partial charge is 0.393 e. The van der Waals surface area contributed by atoms with Gasteiger partial charge in [-0.25, -0.2) is 9.78 Å². The lowest BCUT2D eigenvalue weighted by molar-refractivity contribution is -0.384. The lowest BCUT2D eigenvalue weighted by atomic mass is 9.97. The Balaban J connectivity index is 1.85. The smallest absolute Gasteiger partial charge is 0.212 e. The van der Waals surface area contributed by atoms with Gasteiger partial charge in [-0.15, -0.1) is 0 Å². The number of hydrogen-bond acceptors (Lipinski definition) is 7. The van der Waals surface area contributed by atoms with Crippen molar-refractivity contribution >= 4 is 0 Å². The van der Waals surface area contributed by atoms with Crippen LogP contribution in [0.4, 0.5) is 0 Å². The van der Waals surface area contributed by atoms with E-state index in [1.54, 1.807) is 6.92 Å². The number of ether oxygens (including phenoxy) is 2. The van der Waals surface area contributed by atoms with E-state index in [-0.39, 0.29) is 12.8 Å². The lowest BCUT2D eigenvalue weighted by Crippen LogP contribution is -2.46. The molecule has 3 fully saturated rings. The fourth-order valence-corrected chi connectivity index (χ4v) is 2.60. The zero-order chi connectivity index (χ0) is 12.8. The van der Waals surface area contributed by atoms with E-state index in [4.69, 9.17) is 29.0 Å². The van der Waals surface area contributed by atoms with Crippen molar-refractivity contribution in [1.82, 2.24) is 0 Å². The third kappa shape index (κ3) is 2.16. The first-order valence-electron chi connectivity index (χ1n) is 6.27. The summed E-state index contributed by atoms with van der Waals surface area (Å²) in [6.07, 6.45) is -0.145.